The van der Waals surface area contributed by atoms with Crippen molar-refractivity contribution < 1.29 is 28.2 Å². The molecule has 3 aromatic rings. The number of ether oxygens (including phenoxy) is 1. The van der Waals surface area contributed by atoms with Crippen molar-refractivity contribution in [3.05, 3.63) is 99.7 Å². The van der Waals surface area contributed by atoms with Gasteiger partial charge >= 0.3 is 5.97 Å². The van der Waals surface area contributed by atoms with E-state index >= 15 is 4.39 Å². The third kappa shape index (κ3) is 6.53. The van der Waals surface area contributed by atoms with Gasteiger partial charge in [0.15, 0.2) is 0 Å². The number of benzene rings is 3. The van der Waals surface area contributed by atoms with Crippen molar-refractivity contribution in [2.24, 2.45) is 0 Å². The van der Waals surface area contributed by atoms with Gasteiger partial charge < -0.3 is 20.5 Å². The van der Waals surface area contributed by atoms with Gasteiger partial charge in [0.25, 0.3) is 0 Å². The largest absolute Gasteiger partial charge is 0.507 e. The minimum atomic E-state index is -1.21. The number of aromatic hydroxyl groups is 1. The van der Waals surface area contributed by atoms with Crippen molar-refractivity contribution in [2.75, 3.05) is 6.61 Å². The fourth-order valence-corrected chi connectivity index (χ4v) is 5.21. The number of phenols is 1. The molecule has 1 aliphatic carbocycles. The van der Waals surface area contributed by atoms with E-state index in [1.165, 1.54) is 24.4 Å². The lowest BCUT2D eigenvalue weighted by atomic mass is 9.90. The second-order valence-electron chi connectivity index (χ2n) is 9.75. The minimum Gasteiger partial charge on any atom is -0.507 e. The second kappa shape index (κ2) is 12.6. The van der Waals surface area contributed by atoms with Gasteiger partial charge in [-0.05, 0) is 91.9 Å². The second-order valence-corrected chi connectivity index (χ2v) is 10.7. The molecule has 9 heteroatoms. The minimum absolute atomic E-state index is 0.00486. The lowest BCUT2D eigenvalue weighted by molar-refractivity contribution is -0.143. The lowest BCUT2D eigenvalue weighted by Gasteiger charge is -2.25. The molecular formula is C31H31BrF2N2O4. The van der Waals surface area contributed by atoms with Gasteiger partial charge in [-0.15, -0.1) is 0 Å². The predicted octanol–water partition coefficient (Wildman–Crippen LogP) is 6.87. The molecule has 40 heavy (non-hydrogen) atoms. The monoisotopic (exact) mass is 612 g/mol. The molecule has 1 saturated carbocycles. The summed E-state index contributed by atoms with van der Waals surface area (Å²) in [6.45, 7) is 7.20. The maximum absolute atomic E-state index is 16.1. The number of hydrogen-bond donors (Lipinski definition) is 3. The number of halogens is 3. The molecule has 3 aromatic carbocycles. The van der Waals surface area contributed by atoms with E-state index in [1.54, 1.807) is 31.2 Å². The summed E-state index contributed by atoms with van der Waals surface area (Å²) in [5.74, 6) is -2.45. The van der Waals surface area contributed by atoms with Crippen LogP contribution in [-0.2, 0) is 14.3 Å². The normalized spacial score (nSPS) is 14.2. The SMILES string of the molecule is C=CNC(C(=O)N[C@@H](CC(=O)OCC)c1cc(-c2c(C)cccc2O)cc(C2CC2)c1F)c1cc(Br)ccc1F. The average molecular weight is 613 g/mol. The topological polar surface area (TPSA) is 87.7 Å². The van der Waals surface area contributed by atoms with Crippen molar-refractivity contribution >= 4 is 27.8 Å². The maximum atomic E-state index is 16.1. The molecule has 4 rings (SSSR count). The Labute approximate surface area is 240 Å². The Morgan fingerprint density at radius 2 is 1.93 bits per heavy atom. The fourth-order valence-electron chi connectivity index (χ4n) is 4.83. The summed E-state index contributed by atoms with van der Waals surface area (Å²) in [6.07, 6.45) is 2.52. The molecule has 1 aliphatic rings. The van der Waals surface area contributed by atoms with E-state index in [1.807, 2.05) is 13.0 Å². The van der Waals surface area contributed by atoms with Crippen LogP contribution >= 0.6 is 15.9 Å². The van der Waals surface area contributed by atoms with Gasteiger partial charge in [-0.25, -0.2) is 8.78 Å². The van der Waals surface area contributed by atoms with Crippen LogP contribution < -0.4 is 10.6 Å². The van der Waals surface area contributed by atoms with Crippen LogP contribution in [0.5, 0.6) is 5.75 Å². The third-order valence-electron chi connectivity index (χ3n) is 6.87. The van der Waals surface area contributed by atoms with E-state index in [2.05, 4.69) is 33.1 Å². The van der Waals surface area contributed by atoms with Crippen molar-refractivity contribution in [1.29, 1.82) is 0 Å². The molecule has 1 unspecified atom stereocenters. The zero-order chi connectivity index (χ0) is 29.0. The van der Waals surface area contributed by atoms with E-state index in [-0.39, 0.29) is 35.8 Å². The van der Waals surface area contributed by atoms with Crippen LogP contribution in [0.25, 0.3) is 11.1 Å². The molecule has 0 spiro atoms. The molecule has 0 radical (unpaired) electrons. The van der Waals surface area contributed by atoms with E-state index in [4.69, 9.17) is 4.74 Å². The summed E-state index contributed by atoms with van der Waals surface area (Å²) in [7, 11) is 0. The molecule has 6 nitrogen and oxygen atoms in total. The molecule has 0 bridgehead atoms. The first-order chi connectivity index (χ1) is 19.1. The van der Waals surface area contributed by atoms with E-state index in [0.29, 0.717) is 21.2 Å². The average Bonchev–Trinajstić information content (AvgIpc) is 3.74. The molecule has 1 fully saturated rings. The molecule has 0 aromatic heterocycles. The number of carbonyl (C=O) groups is 2. The van der Waals surface area contributed by atoms with Gasteiger partial charge in [0, 0.05) is 21.2 Å². The molecule has 2 atom stereocenters. The van der Waals surface area contributed by atoms with Gasteiger partial charge in [-0.1, -0.05) is 34.6 Å². The highest BCUT2D eigenvalue weighted by Crippen LogP contribution is 2.45. The summed E-state index contributed by atoms with van der Waals surface area (Å²) in [5.41, 5.74) is 2.46. The molecule has 210 valence electrons. The molecule has 1 amide bonds. The number of esters is 1. The highest BCUT2D eigenvalue weighted by molar-refractivity contribution is 9.10. The Morgan fingerprint density at radius 1 is 1.18 bits per heavy atom. The van der Waals surface area contributed by atoms with Crippen LogP contribution in [0.2, 0.25) is 0 Å². The fraction of sp³-hybridized carbons (Fsp3) is 0.290. The Balaban J connectivity index is 1.81. The summed E-state index contributed by atoms with van der Waals surface area (Å²) in [6, 6.07) is 10.2. The highest BCUT2D eigenvalue weighted by atomic mass is 79.9. The van der Waals surface area contributed by atoms with Gasteiger partial charge in [-0.2, -0.15) is 0 Å². The smallest absolute Gasteiger partial charge is 0.308 e. The van der Waals surface area contributed by atoms with Crippen LogP contribution in [0.4, 0.5) is 8.78 Å². The Morgan fingerprint density at radius 3 is 2.58 bits per heavy atom. The maximum Gasteiger partial charge on any atom is 0.308 e. The van der Waals surface area contributed by atoms with E-state index in [9.17, 15) is 19.1 Å². The van der Waals surface area contributed by atoms with Crippen LogP contribution in [0.1, 0.15) is 66.4 Å². The number of hydrogen-bond acceptors (Lipinski definition) is 5. The Bertz CT molecular complexity index is 1420. The predicted molar refractivity (Wildman–Crippen MR) is 153 cm³/mol. The first-order valence-electron chi connectivity index (χ1n) is 13.0. The van der Waals surface area contributed by atoms with Crippen molar-refractivity contribution in [3.8, 4) is 16.9 Å². The number of nitrogens with one attached hydrogen (secondary N) is 2. The first-order valence-corrected chi connectivity index (χ1v) is 13.8. The molecular weight excluding hydrogens is 582 g/mol. The number of amides is 1. The zero-order valence-corrected chi connectivity index (χ0v) is 23.9. The van der Waals surface area contributed by atoms with Crippen LogP contribution in [0.3, 0.4) is 0 Å². The van der Waals surface area contributed by atoms with E-state index < -0.39 is 35.6 Å². The standard InChI is InChI=1S/C31H31BrF2N2O4/c1-4-35-30(22-15-20(32)11-12-24(22)33)31(39)36-25(16-27(38)40-5-2)23-14-19(13-21(29(23)34)18-9-10-18)28-17(3)7-6-8-26(28)37/h4,6-8,11-15,18,25,30,35,37H,1,5,9-10,16H2,2-3H3,(H,36,39)/t25-,30?/m0/s1. The Kier molecular flexibility index (Phi) is 9.25. The van der Waals surface area contributed by atoms with Crippen LogP contribution in [0.15, 0.2) is 65.8 Å². The first kappa shape index (κ1) is 29.3. The van der Waals surface area contributed by atoms with Gasteiger partial charge in [0.2, 0.25) is 5.91 Å². The van der Waals surface area contributed by atoms with Crippen molar-refractivity contribution in [2.45, 2.75) is 51.1 Å². The number of aryl methyl sites for hydroxylation is 1. The molecule has 3 N–H and O–H groups in total. The summed E-state index contributed by atoms with van der Waals surface area (Å²) >= 11 is 3.30. The summed E-state index contributed by atoms with van der Waals surface area (Å²) in [4.78, 5) is 26.3. The lowest BCUT2D eigenvalue weighted by Crippen LogP contribution is -2.39. The third-order valence-corrected chi connectivity index (χ3v) is 7.36. The van der Waals surface area contributed by atoms with E-state index in [0.717, 1.165) is 18.4 Å². The van der Waals surface area contributed by atoms with Gasteiger partial charge in [-0.3, -0.25) is 9.59 Å². The number of rotatable bonds is 11. The van der Waals surface area contributed by atoms with Crippen molar-refractivity contribution in [3.63, 3.8) is 0 Å². The van der Waals surface area contributed by atoms with Crippen LogP contribution in [-0.4, -0.2) is 23.6 Å². The van der Waals surface area contributed by atoms with Gasteiger partial charge in [0.05, 0.1) is 19.1 Å². The number of phenolic OH excluding ortho intramolecular Hbond substituents is 1. The molecule has 0 saturated heterocycles. The molecule has 0 heterocycles. The van der Waals surface area contributed by atoms with Gasteiger partial charge in [0.1, 0.15) is 23.4 Å². The summed E-state index contributed by atoms with van der Waals surface area (Å²) < 4.78 is 36.6. The zero-order valence-electron chi connectivity index (χ0n) is 22.3. The van der Waals surface area contributed by atoms with Crippen molar-refractivity contribution in [1.82, 2.24) is 10.6 Å². The molecule has 0 aliphatic heterocycles. The summed E-state index contributed by atoms with van der Waals surface area (Å²) in [5, 5.41) is 16.2. The Hall–Kier alpha value is -3.72. The van der Waals surface area contributed by atoms with Crippen LogP contribution in [0, 0.1) is 18.6 Å². The quantitative estimate of drug-likeness (QED) is 0.206. The highest BCUT2D eigenvalue weighted by Gasteiger charge is 2.33. The number of carbonyl (C=O) groups excluding carboxylic acids is 2.